The highest BCUT2D eigenvalue weighted by Crippen LogP contribution is 2.11. The summed E-state index contributed by atoms with van der Waals surface area (Å²) in [5.74, 6) is -1.12. The van der Waals surface area contributed by atoms with Crippen LogP contribution in [-0.4, -0.2) is 49.5 Å². The van der Waals surface area contributed by atoms with Gasteiger partial charge in [-0.2, -0.15) is 12.7 Å². The Kier molecular flexibility index (Phi) is 5.31. The molecule has 1 atom stereocenters. The van der Waals surface area contributed by atoms with E-state index >= 15 is 0 Å². The number of nitrogens with zero attached hydrogens (tertiary/aromatic N) is 1. The molecule has 1 aliphatic heterocycles. The van der Waals surface area contributed by atoms with Crippen LogP contribution >= 0.6 is 0 Å². The van der Waals surface area contributed by atoms with E-state index in [0.29, 0.717) is 13.1 Å². The maximum Gasteiger partial charge on any atom is 0.320 e. The number of hydrogen-bond donors (Lipinski definition) is 3. The molecule has 0 aromatic heterocycles. The van der Waals surface area contributed by atoms with Crippen LogP contribution in [-0.2, 0) is 15.0 Å². The van der Waals surface area contributed by atoms with Gasteiger partial charge >= 0.3 is 5.97 Å². The first kappa shape index (κ1) is 14.4. The molecule has 1 rings (SSSR count). The van der Waals surface area contributed by atoms with Gasteiger partial charge in [0, 0.05) is 19.6 Å². The van der Waals surface area contributed by atoms with Gasteiger partial charge in [-0.1, -0.05) is 6.42 Å². The first-order valence-corrected chi connectivity index (χ1v) is 7.10. The number of carboxylic acid groups (broad SMARTS) is 1. The fraction of sp³-hybridized carbons (Fsp3) is 0.889. The highest BCUT2D eigenvalue weighted by atomic mass is 32.2. The van der Waals surface area contributed by atoms with Crippen molar-refractivity contribution in [2.24, 2.45) is 5.73 Å². The third-order valence-corrected chi connectivity index (χ3v) is 4.33. The Labute approximate surface area is 101 Å². The molecule has 0 spiro atoms. The molecule has 7 nitrogen and oxygen atoms in total. The zero-order valence-electron chi connectivity index (χ0n) is 9.63. The van der Waals surface area contributed by atoms with Crippen LogP contribution in [0.25, 0.3) is 0 Å². The second kappa shape index (κ2) is 6.29. The normalized spacial score (nSPS) is 20.1. The van der Waals surface area contributed by atoms with Crippen LogP contribution in [0, 0.1) is 0 Å². The molecule has 8 heteroatoms. The van der Waals surface area contributed by atoms with Crippen molar-refractivity contribution in [2.45, 2.75) is 31.7 Å². The molecule has 1 unspecified atom stereocenters. The van der Waals surface area contributed by atoms with Crippen LogP contribution < -0.4 is 10.5 Å². The second-order valence-corrected chi connectivity index (χ2v) is 5.85. The van der Waals surface area contributed by atoms with E-state index in [9.17, 15) is 13.2 Å². The van der Waals surface area contributed by atoms with E-state index in [4.69, 9.17) is 10.8 Å². The largest absolute Gasteiger partial charge is 0.480 e. The minimum Gasteiger partial charge on any atom is -0.480 e. The Morgan fingerprint density at radius 3 is 2.47 bits per heavy atom. The maximum atomic E-state index is 11.8. The maximum absolute atomic E-state index is 11.8. The lowest BCUT2D eigenvalue weighted by Gasteiger charge is -2.26. The second-order valence-electron chi connectivity index (χ2n) is 4.09. The number of piperidine rings is 1. The molecule has 0 saturated carbocycles. The third-order valence-electron chi connectivity index (χ3n) is 2.71. The molecule has 1 aliphatic rings. The van der Waals surface area contributed by atoms with Gasteiger partial charge in [-0.05, 0) is 19.3 Å². The molecule has 0 radical (unpaired) electrons. The Morgan fingerprint density at radius 1 is 1.35 bits per heavy atom. The van der Waals surface area contributed by atoms with Crippen molar-refractivity contribution in [2.75, 3.05) is 19.6 Å². The first-order chi connectivity index (χ1) is 7.93. The van der Waals surface area contributed by atoms with E-state index in [-0.39, 0.29) is 13.0 Å². The number of carboxylic acids is 1. The van der Waals surface area contributed by atoms with E-state index in [1.54, 1.807) is 0 Å². The molecular formula is C9H19N3O4S. The van der Waals surface area contributed by atoms with Gasteiger partial charge in [-0.3, -0.25) is 4.79 Å². The van der Waals surface area contributed by atoms with Crippen LogP contribution in [0.5, 0.6) is 0 Å². The Morgan fingerprint density at radius 2 is 1.94 bits per heavy atom. The molecule has 17 heavy (non-hydrogen) atoms. The van der Waals surface area contributed by atoms with Gasteiger partial charge in [0.15, 0.2) is 0 Å². The summed E-state index contributed by atoms with van der Waals surface area (Å²) in [6.07, 6.45) is 2.88. The van der Waals surface area contributed by atoms with Crippen molar-refractivity contribution in [1.82, 2.24) is 9.03 Å². The van der Waals surface area contributed by atoms with E-state index in [0.717, 1.165) is 19.3 Å². The standard InChI is InChI=1S/C9H19N3O4S/c10-8(9(13)14)4-5-11-17(15,16)12-6-2-1-3-7-12/h8,11H,1-7,10H2,(H,13,14). The third kappa shape index (κ3) is 4.58. The molecule has 0 bridgehead atoms. The van der Waals surface area contributed by atoms with Crippen molar-refractivity contribution in [3.05, 3.63) is 0 Å². The summed E-state index contributed by atoms with van der Waals surface area (Å²) < 4.78 is 27.3. The lowest BCUT2D eigenvalue weighted by Crippen LogP contribution is -2.45. The van der Waals surface area contributed by atoms with Gasteiger partial charge < -0.3 is 10.8 Å². The Hall–Kier alpha value is -0.700. The van der Waals surface area contributed by atoms with Gasteiger partial charge in [0.25, 0.3) is 10.2 Å². The number of hydrogen-bond acceptors (Lipinski definition) is 4. The number of aliphatic carboxylic acids is 1. The van der Waals surface area contributed by atoms with Crippen molar-refractivity contribution >= 4 is 16.2 Å². The van der Waals surface area contributed by atoms with Gasteiger partial charge in [0.1, 0.15) is 6.04 Å². The minimum absolute atomic E-state index is 0.0479. The van der Waals surface area contributed by atoms with E-state index in [2.05, 4.69) is 4.72 Å². The minimum atomic E-state index is -3.47. The zero-order valence-corrected chi connectivity index (χ0v) is 10.4. The van der Waals surface area contributed by atoms with Gasteiger partial charge in [-0.25, -0.2) is 4.72 Å². The summed E-state index contributed by atoms with van der Waals surface area (Å²) in [6, 6.07) is -1.03. The summed E-state index contributed by atoms with van der Waals surface area (Å²) >= 11 is 0. The summed E-state index contributed by atoms with van der Waals surface area (Å²) in [7, 11) is -3.47. The molecule has 0 aromatic carbocycles. The fourth-order valence-corrected chi connectivity index (χ4v) is 2.96. The predicted molar refractivity (Wildman–Crippen MR) is 62.6 cm³/mol. The number of rotatable bonds is 6. The quantitative estimate of drug-likeness (QED) is 0.576. The fourth-order valence-electron chi connectivity index (χ4n) is 1.66. The topological polar surface area (TPSA) is 113 Å². The average molecular weight is 265 g/mol. The molecule has 0 amide bonds. The lowest BCUT2D eigenvalue weighted by molar-refractivity contribution is -0.138. The number of nitrogens with one attached hydrogen (secondary N) is 1. The van der Waals surface area contributed by atoms with Crippen LogP contribution in [0.3, 0.4) is 0 Å². The highest BCUT2D eigenvalue weighted by Gasteiger charge is 2.23. The predicted octanol–water partition coefficient (Wildman–Crippen LogP) is -0.891. The van der Waals surface area contributed by atoms with Crippen LogP contribution in [0.4, 0.5) is 0 Å². The molecule has 1 fully saturated rings. The van der Waals surface area contributed by atoms with Gasteiger partial charge in [0.05, 0.1) is 0 Å². The van der Waals surface area contributed by atoms with Gasteiger partial charge in [0.2, 0.25) is 0 Å². The summed E-state index contributed by atoms with van der Waals surface area (Å²) in [5.41, 5.74) is 5.28. The van der Waals surface area contributed by atoms with Crippen molar-refractivity contribution in [3.63, 3.8) is 0 Å². The summed E-state index contributed by atoms with van der Waals surface area (Å²) in [4.78, 5) is 10.4. The van der Waals surface area contributed by atoms with E-state index in [1.807, 2.05) is 0 Å². The van der Waals surface area contributed by atoms with Crippen LogP contribution in [0.1, 0.15) is 25.7 Å². The molecule has 0 aromatic rings. The van der Waals surface area contributed by atoms with Crippen molar-refractivity contribution in [3.8, 4) is 0 Å². The highest BCUT2D eigenvalue weighted by molar-refractivity contribution is 7.87. The monoisotopic (exact) mass is 265 g/mol. The van der Waals surface area contributed by atoms with Crippen molar-refractivity contribution in [1.29, 1.82) is 0 Å². The Bertz CT molecular complexity index is 351. The molecule has 0 aliphatic carbocycles. The molecule has 4 N–H and O–H groups in total. The molecule has 1 heterocycles. The van der Waals surface area contributed by atoms with Crippen molar-refractivity contribution < 1.29 is 18.3 Å². The number of carbonyl (C=O) groups is 1. The SMILES string of the molecule is NC(CCNS(=O)(=O)N1CCCCC1)C(=O)O. The van der Waals surface area contributed by atoms with Gasteiger partial charge in [-0.15, -0.1) is 0 Å². The Balaban J connectivity index is 2.36. The van der Waals surface area contributed by atoms with Crippen LogP contribution in [0.15, 0.2) is 0 Å². The zero-order chi connectivity index (χ0) is 12.9. The first-order valence-electron chi connectivity index (χ1n) is 5.66. The number of nitrogens with two attached hydrogens (primary N) is 1. The average Bonchev–Trinajstić information content (AvgIpc) is 2.29. The summed E-state index contributed by atoms with van der Waals surface area (Å²) in [5, 5.41) is 8.55. The van der Waals surface area contributed by atoms with E-state index < -0.39 is 22.2 Å². The summed E-state index contributed by atoms with van der Waals surface area (Å²) in [6.45, 7) is 1.10. The smallest absolute Gasteiger partial charge is 0.320 e. The molecule has 1 saturated heterocycles. The van der Waals surface area contributed by atoms with E-state index in [1.165, 1.54) is 4.31 Å². The van der Waals surface area contributed by atoms with Crippen LogP contribution in [0.2, 0.25) is 0 Å². The lowest BCUT2D eigenvalue weighted by atomic mass is 10.2. The molecule has 100 valence electrons. The molecular weight excluding hydrogens is 246 g/mol.